The Morgan fingerprint density at radius 2 is 2.20 bits per heavy atom. The van der Waals surface area contributed by atoms with Crippen LogP contribution in [-0.2, 0) is 0 Å². The van der Waals surface area contributed by atoms with Gasteiger partial charge in [-0.2, -0.15) is 0 Å². The Balaban J connectivity index is 1.81. The molecule has 1 saturated carbocycles. The summed E-state index contributed by atoms with van der Waals surface area (Å²) >= 11 is 0. The summed E-state index contributed by atoms with van der Waals surface area (Å²) in [4.78, 5) is 4.58. The van der Waals surface area contributed by atoms with Crippen LogP contribution in [0.15, 0.2) is 22.6 Å². The molecule has 0 saturated heterocycles. The second-order valence-electron chi connectivity index (χ2n) is 6.24. The third-order valence-electron chi connectivity index (χ3n) is 4.43. The molecule has 0 bridgehead atoms. The monoisotopic (exact) mass is 272 g/mol. The molecule has 1 heterocycles. The number of fused-ring (bicyclic) bond motifs is 1. The van der Waals surface area contributed by atoms with Gasteiger partial charge in [0.05, 0.1) is 0 Å². The van der Waals surface area contributed by atoms with Gasteiger partial charge in [0, 0.05) is 17.6 Å². The number of nitrogens with one attached hydrogen (secondary N) is 1. The minimum atomic E-state index is 0.332. The van der Waals surface area contributed by atoms with Gasteiger partial charge in [0.1, 0.15) is 5.52 Å². The summed E-state index contributed by atoms with van der Waals surface area (Å²) in [6.07, 6.45) is 5.26. The number of aromatic nitrogens is 1. The molecule has 3 rings (SSSR count). The van der Waals surface area contributed by atoms with Gasteiger partial charge < -0.3 is 9.73 Å². The van der Waals surface area contributed by atoms with Crippen LogP contribution in [0.4, 0.5) is 5.69 Å². The average Bonchev–Trinajstić information content (AvgIpc) is 3.04. The summed E-state index contributed by atoms with van der Waals surface area (Å²) in [6, 6.07) is 6.89. The maximum absolute atomic E-state index is 5.76. The van der Waals surface area contributed by atoms with Crippen molar-refractivity contribution in [2.75, 3.05) is 5.32 Å². The number of benzene rings is 1. The van der Waals surface area contributed by atoms with Gasteiger partial charge in [-0.05, 0) is 37.0 Å². The first-order valence-electron chi connectivity index (χ1n) is 7.84. The third-order valence-corrected chi connectivity index (χ3v) is 4.43. The largest absolute Gasteiger partial charge is 0.440 e. The smallest absolute Gasteiger partial charge is 0.198 e. The zero-order valence-corrected chi connectivity index (χ0v) is 12.6. The van der Waals surface area contributed by atoms with E-state index < -0.39 is 0 Å². The van der Waals surface area contributed by atoms with Crippen LogP contribution in [0, 0.1) is 5.92 Å². The molecular weight excluding hydrogens is 248 g/mol. The summed E-state index contributed by atoms with van der Waals surface area (Å²) in [5.74, 6) is 1.97. The normalized spacial score (nSPS) is 22.8. The maximum atomic E-state index is 5.76. The highest BCUT2D eigenvalue weighted by molar-refractivity contribution is 5.77. The van der Waals surface area contributed by atoms with E-state index in [0.29, 0.717) is 12.0 Å². The van der Waals surface area contributed by atoms with Crippen LogP contribution in [0.25, 0.3) is 11.1 Å². The van der Waals surface area contributed by atoms with Crippen LogP contribution in [0.2, 0.25) is 0 Å². The predicted octanol–water partition coefficient (Wildman–Crippen LogP) is 4.94. The van der Waals surface area contributed by atoms with Gasteiger partial charge in [0.15, 0.2) is 11.5 Å². The van der Waals surface area contributed by atoms with E-state index in [1.807, 2.05) is 6.07 Å². The zero-order valence-electron chi connectivity index (χ0n) is 12.6. The predicted molar refractivity (Wildman–Crippen MR) is 83.1 cm³/mol. The van der Waals surface area contributed by atoms with Crippen LogP contribution in [-0.4, -0.2) is 11.0 Å². The lowest BCUT2D eigenvalue weighted by Gasteiger charge is -2.20. The molecule has 2 atom stereocenters. The van der Waals surface area contributed by atoms with E-state index >= 15 is 0 Å². The number of nitrogens with zero attached hydrogens (tertiary/aromatic N) is 1. The highest BCUT2D eigenvalue weighted by Crippen LogP contribution is 2.31. The maximum Gasteiger partial charge on any atom is 0.198 e. The van der Waals surface area contributed by atoms with Gasteiger partial charge in [0.2, 0.25) is 0 Å². The number of hydrogen-bond donors (Lipinski definition) is 1. The molecule has 1 aliphatic carbocycles. The van der Waals surface area contributed by atoms with Crippen LogP contribution in [0.5, 0.6) is 0 Å². The Bertz CT molecular complexity index is 588. The van der Waals surface area contributed by atoms with E-state index in [2.05, 4.69) is 43.2 Å². The lowest BCUT2D eigenvalue weighted by molar-refractivity contribution is 0.489. The molecular formula is C17H24N2O. The molecule has 1 aliphatic rings. The average molecular weight is 272 g/mol. The molecule has 1 N–H and O–H groups in total. The Hall–Kier alpha value is -1.51. The molecule has 108 valence electrons. The standard InChI is InChI=1S/C17H24N2O/c1-4-12-6-5-7-14(12)18-13-8-9-16-15(10-13)19-17(20-16)11(2)3/h8-12,14,18H,4-7H2,1-3H3. The number of anilines is 1. The first-order chi connectivity index (χ1) is 9.67. The lowest BCUT2D eigenvalue weighted by atomic mass is 10.0. The fourth-order valence-electron chi connectivity index (χ4n) is 3.21. The fourth-order valence-corrected chi connectivity index (χ4v) is 3.21. The highest BCUT2D eigenvalue weighted by atomic mass is 16.3. The van der Waals surface area contributed by atoms with Gasteiger partial charge in [0.25, 0.3) is 0 Å². The van der Waals surface area contributed by atoms with Crippen molar-refractivity contribution in [1.82, 2.24) is 4.98 Å². The van der Waals surface area contributed by atoms with Crippen molar-refractivity contribution in [3.8, 4) is 0 Å². The van der Waals surface area contributed by atoms with Crippen molar-refractivity contribution < 1.29 is 4.42 Å². The lowest BCUT2D eigenvalue weighted by Crippen LogP contribution is -2.23. The zero-order chi connectivity index (χ0) is 14.1. The second kappa shape index (κ2) is 5.47. The van der Waals surface area contributed by atoms with Gasteiger partial charge in [-0.15, -0.1) is 0 Å². The summed E-state index contributed by atoms with van der Waals surface area (Å²) in [5, 5.41) is 3.69. The van der Waals surface area contributed by atoms with E-state index in [-0.39, 0.29) is 0 Å². The molecule has 0 amide bonds. The number of hydrogen-bond acceptors (Lipinski definition) is 3. The van der Waals surface area contributed by atoms with Crippen LogP contribution in [0.1, 0.15) is 58.3 Å². The van der Waals surface area contributed by atoms with E-state index in [9.17, 15) is 0 Å². The van der Waals surface area contributed by atoms with Gasteiger partial charge in [-0.25, -0.2) is 4.98 Å². The van der Waals surface area contributed by atoms with Gasteiger partial charge in [-0.1, -0.05) is 33.6 Å². The third kappa shape index (κ3) is 2.54. The second-order valence-corrected chi connectivity index (χ2v) is 6.24. The van der Waals surface area contributed by atoms with Crippen molar-refractivity contribution in [3.63, 3.8) is 0 Å². The van der Waals surface area contributed by atoms with E-state index in [4.69, 9.17) is 4.42 Å². The number of oxazole rings is 1. The van der Waals surface area contributed by atoms with Crippen molar-refractivity contribution in [2.45, 2.75) is 58.4 Å². The van der Waals surface area contributed by atoms with E-state index in [1.165, 1.54) is 31.4 Å². The Morgan fingerprint density at radius 3 is 2.95 bits per heavy atom. The summed E-state index contributed by atoms with van der Waals surface area (Å²) in [7, 11) is 0. The molecule has 1 aromatic carbocycles. The first kappa shape index (κ1) is 13.5. The van der Waals surface area contributed by atoms with Gasteiger partial charge >= 0.3 is 0 Å². The van der Waals surface area contributed by atoms with Crippen molar-refractivity contribution >= 4 is 16.8 Å². The van der Waals surface area contributed by atoms with Crippen LogP contribution < -0.4 is 5.32 Å². The highest BCUT2D eigenvalue weighted by Gasteiger charge is 2.25. The summed E-state index contributed by atoms with van der Waals surface area (Å²) in [6.45, 7) is 6.50. The van der Waals surface area contributed by atoms with Crippen LogP contribution >= 0.6 is 0 Å². The molecule has 0 aliphatic heterocycles. The van der Waals surface area contributed by atoms with E-state index in [0.717, 1.165) is 22.9 Å². The van der Waals surface area contributed by atoms with Gasteiger partial charge in [-0.3, -0.25) is 0 Å². The molecule has 1 aromatic heterocycles. The molecule has 20 heavy (non-hydrogen) atoms. The van der Waals surface area contributed by atoms with Crippen molar-refractivity contribution in [1.29, 1.82) is 0 Å². The number of rotatable bonds is 4. The quantitative estimate of drug-likeness (QED) is 0.856. The Labute approximate surface area is 120 Å². The first-order valence-corrected chi connectivity index (χ1v) is 7.84. The van der Waals surface area contributed by atoms with Crippen molar-refractivity contribution in [3.05, 3.63) is 24.1 Å². The topological polar surface area (TPSA) is 38.1 Å². The molecule has 0 radical (unpaired) electrons. The minimum Gasteiger partial charge on any atom is -0.440 e. The van der Waals surface area contributed by atoms with E-state index in [1.54, 1.807) is 0 Å². The Morgan fingerprint density at radius 1 is 1.35 bits per heavy atom. The van der Waals surface area contributed by atoms with Crippen LogP contribution in [0.3, 0.4) is 0 Å². The Kier molecular flexibility index (Phi) is 3.68. The molecule has 3 heteroatoms. The summed E-state index contributed by atoms with van der Waals surface area (Å²) in [5.41, 5.74) is 3.02. The molecule has 2 aromatic rings. The molecule has 3 nitrogen and oxygen atoms in total. The summed E-state index contributed by atoms with van der Waals surface area (Å²) < 4.78 is 5.76. The minimum absolute atomic E-state index is 0.332. The van der Waals surface area contributed by atoms with Crippen molar-refractivity contribution in [2.24, 2.45) is 5.92 Å². The SMILES string of the molecule is CCC1CCCC1Nc1ccc2oc(C(C)C)nc2c1. The molecule has 0 spiro atoms. The fraction of sp³-hybridized carbons (Fsp3) is 0.588. The molecule has 2 unspecified atom stereocenters. The molecule has 1 fully saturated rings.